The van der Waals surface area contributed by atoms with Gasteiger partial charge in [0.25, 0.3) is 0 Å². The maximum Gasteiger partial charge on any atom is 0.227 e. The molecule has 0 saturated carbocycles. The first-order valence-corrected chi connectivity index (χ1v) is 5.41. The normalized spacial score (nSPS) is 16.7. The average Bonchev–Trinajstić information content (AvgIpc) is 2.53. The fourth-order valence-electron chi connectivity index (χ4n) is 1.54. The molecule has 0 atom stereocenters. The van der Waals surface area contributed by atoms with Crippen molar-refractivity contribution in [3.8, 4) is 0 Å². The molecule has 0 radical (unpaired) electrons. The molecule has 1 fully saturated rings. The highest BCUT2D eigenvalue weighted by Crippen LogP contribution is 2.21. The van der Waals surface area contributed by atoms with E-state index in [0.29, 0.717) is 6.42 Å². The average molecular weight is 287 g/mol. The van der Waals surface area contributed by atoms with Crippen LogP contribution >= 0.6 is 22.6 Å². The first-order chi connectivity index (χ1) is 6.27. The molecule has 2 rings (SSSR count). The maximum atomic E-state index is 11.4. The zero-order valence-electron chi connectivity index (χ0n) is 7.16. The highest BCUT2D eigenvalue weighted by atomic mass is 127. The van der Waals surface area contributed by atoms with Crippen LogP contribution in [0.15, 0.2) is 24.3 Å². The molecule has 0 aliphatic carbocycles. The largest absolute Gasteiger partial charge is 0.312 e. The van der Waals surface area contributed by atoms with Crippen molar-refractivity contribution in [2.75, 3.05) is 11.4 Å². The number of rotatable bonds is 1. The Kier molecular flexibility index (Phi) is 2.53. The molecule has 3 heteroatoms. The molecule has 0 aromatic heterocycles. The molecule has 68 valence electrons. The molecular weight excluding hydrogens is 277 g/mol. The summed E-state index contributed by atoms with van der Waals surface area (Å²) >= 11 is 2.26. The van der Waals surface area contributed by atoms with Crippen LogP contribution in [-0.2, 0) is 4.79 Å². The number of benzene rings is 1. The van der Waals surface area contributed by atoms with Gasteiger partial charge in [0.2, 0.25) is 5.91 Å². The summed E-state index contributed by atoms with van der Waals surface area (Å²) in [4.78, 5) is 13.2. The van der Waals surface area contributed by atoms with Crippen molar-refractivity contribution in [2.45, 2.75) is 12.8 Å². The lowest BCUT2D eigenvalue weighted by Gasteiger charge is -2.15. The number of hydrogen-bond acceptors (Lipinski definition) is 1. The zero-order chi connectivity index (χ0) is 9.26. The summed E-state index contributed by atoms with van der Waals surface area (Å²) in [5, 5.41) is 0. The first-order valence-electron chi connectivity index (χ1n) is 4.33. The summed E-state index contributed by atoms with van der Waals surface area (Å²) in [6, 6.07) is 8.07. The quantitative estimate of drug-likeness (QED) is 0.726. The molecule has 1 aromatic rings. The number of carbonyl (C=O) groups excluding carboxylic acids is 1. The van der Waals surface area contributed by atoms with Crippen molar-refractivity contribution in [3.63, 3.8) is 0 Å². The molecule has 2 nitrogen and oxygen atoms in total. The summed E-state index contributed by atoms with van der Waals surface area (Å²) in [6.45, 7) is 0.874. The number of nitrogens with zero attached hydrogens (tertiary/aromatic N) is 1. The summed E-state index contributed by atoms with van der Waals surface area (Å²) in [6.07, 6.45) is 1.69. The summed E-state index contributed by atoms with van der Waals surface area (Å²) in [7, 11) is 0. The van der Waals surface area contributed by atoms with E-state index in [1.165, 1.54) is 3.57 Å². The van der Waals surface area contributed by atoms with Crippen LogP contribution in [0.25, 0.3) is 0 Å². The molecule has 1 aliphatic heterocycles. The highest BCUT2D eigenvalue weighted by Gasteiger charge is 2.20. The lowest BCUT2D eigenvalue weighted by Crippen LogP contribution is -2.23. The first kappa shape index (κ1) is 8.99. The summed E-state index contributed by atoms with van der Waals surface area (Å²) in [5.74, 6) is 0.251. The van der Waals surface area contributed by atoms with Crippen molar-refractivity contribution in [1.29, 1.82) is 0 Å². The van der Waals surface area contributed by atoms with E-state index < -0.39 is 0 Å². The Hall–Kier alpha value is -0.580. The Morgan fingerprint density at radius 1 is 1.23 bits per heavy atom. The predicted octanol–water partition coefficient (Wildman–Crippen LogP) is 2.42. The molecule has 1 amide bonds. The van der Waals surface area contributed by atoms with Crippen LogP contribution in [0.2, 0.25) is 0 Å². The minimum atomic E-state index is 0.251. The molecule has 1 aliphatic rings. The Labute approximate surface area is 91.1 Å². The number of anilines is 1. The van der Waals surface area contributed by atoms with Gasteiger partial charge in [-0.3, -0.25) is 4.79 Å². The van der Waals surface area contributed by atoms with Crippen LogP contribution in [0.4, 0.5) is 5.69 Å². The Balaban J connectivity index is 2.25. The lowest BCUT2D eigenvalue weighted by molar-refractivity contribution is -0.117. The van der Waals surface area contributed by atoms with Gasteiger partial charge < -0.3 is 4.90 Å². The van der Waals surface area contributed by atoms with Crippen LogP contribution in [0.1, 0.15) is 12.8 Å². The van der Waals surface area contributed by atoms with Gasteiger partial charge in [-0.25, -0.2) is 0 Å². The second kappa shape index (κ2) is 3.65. The summed E-state index contributed by atoms with van der Waals surface area (Å²) < 4.78 is 1.20. The fourth-order valence-corrected chi connectivity index (χ4v) is 1.90. The molecule has 1 heterocycles. The number of amides is 1. The number of hydrogen-bond donors (Lipinski definition) is 0. The third-order valence-corrected chi connectivity index (χ3v) is 2.93. The van der Waals surface area contributed by atoms with Crippen molar-refractivity contribution < 1.29 is 4.79 Å². The van der Waals surface area contributed by atoms with Crippen molar-refractivity contribution in [3.05, 3.63) is 27.8 Å². The van der Waals surface area contributed by atoms with E-state index in [0.717, 1.165) is 18.7 Å². The molecular formula is C10H10INO. The van der Waals surface area contributed by atoms with Gasteiger partial charge in [0.15, 0.2) is 0 Å². The van der Waals surface area contributed by atoms with Gasteiger partial charge in [0.05, 0.1) is 0 Å². The number of halogens is 1. The van der Waals surface area contributed by atoms with Crippen LogP contribution in [0, 0.1) is 3.57 Å². The van der Waals surface area contributed by atoms with Crippen molar-refractivity contribution in [1.82, 2.24) is 0 Å². The minimum absolute atomic E-state index is 0.251. The molecule has 13 heavy (non-hydrogen) atoms. The Bertz CT molecular complexity index is 320. The topological polar surface area (TPSA) is 20.3 Å². The van der Waals surface area contributed by atoms with Crippen molar-refractivity contribution in [2.24, 2.45) is 0 Å². The second-order valence-electron chi connectivity index (χ2n) is 3.13. The van der Waals surface area contributed by atoms with Gasteiger partial charge in [0.1, 0.15) is 0 Å². The SMILES string of the molecule is O=C1CCCN1c1ccc(I)cc1. The van der Waals surface area contributed by atoms with E-state index in [4.69, 9.17) is 0 Å². The van der Waals surface area contributed by atoms with Crippen LogP contribution in [-0.4, -0.2) is 12.5 Å². The fraction of sp³-hybridized carbons (Fsp3) is 0.300. The van der Waals surface area contributed by atoms with E-state index >= 15 is 0 Å². The number of carbonyl (C=O) groups is 1. The highest BCUT2D eigenvalue weighted by molar-refractivity contribution is 14.1. The molecule has 1 aromatic carbocycles. The molecule has 0 unspecified atom stereocenters. The monoisotopic (exact) mass is 287 g/mol. The Morgan fingerprint density at radius 3 is 2.46 bits per heavy atom. The molecule has 1 saturated heterocycles. The lowest BCUT2D eigenvalue weighted by atomic mass is 10.3. The third kappa shape index (κ3) is 1.85. The van der Waals surface area contributed by atoms with Gasteiger partial charge in [-0.1, -0.05) is 0 Å². The van der Waals surface area contributed by atoms with Gasteiger partial charge in [0, 0.05) is 22.2 Å². The molecule has 0 spiro atoms. The van der Waals surface area contributed by atoms with Gasteiger partial charge in [-0.15, -0.1) is 0 Å². The molecule has 0 N–H and O–H groups in total. The third-order valence-electron chi connectivity index (χ3n) is 2.21. The van der Waals surface area contributed by atoms with E-state index in [9.17, 15) is 4.79 Å². The van der Waals surface area contributed by atoms with Gasteiger partial charge in [-0.2, -0.15) is 0 Å². The summed E-state index contributed by atoms with van der Waals surface area (Å²) in [5.41, 5.74) is 1.03. The van der Waals surface area contributed by atoms with E-state index in [2.05, 4.69) is 22.6 Å². The molecule has 0 bridgehead atoms. The van der Waals surface area contributed by atoms with E-state index in [1.54, 1.807) is 0 Å². The van der Waals surface area contributed by atoms with Crippen LogP contribution in [0.5, 0.6) is 0 Å². The van der Waals surface area contributed by atoms with Crippen LogP contribution in [0.3, 0.4) is 0 Å². The second-order valence-corrected chi connectivity index (χ2v) is 4.37. The van der Waals surface area contributed by atoms with Gasteiger partial charge in [-0.05, 0) is 53.3 Å². The van der Waals surface area contributed by atoms with E-state index in [1.807, 2.05) is 29.2 Å². The predicted molar refractivity (Wildman–Crippen MR) is 60.7 cm³/mol. The van der Waals surface area contributed by atoms with Crippen LogP contribution < -0.4 is 4.90 Å². The maximum absolute atomic E-state index is 11.4. The van der Waals surface area contributed by atoms with E-state index in [-0.39, 0.29) is 5.91 Å². The standard InChI is InChI=1S/C10H10INO/c11-8-3-5-9(6-4-8)12-7-1-2-10(12)13/h3-6H,1-2,7H2. The van der Waals surface area contributed by atoms with Crippen molar-refractivity contribution >= 4 is 34.2 Å². The van der Waals surface area contributed by atoms with Gasteiger partial charge >= 0.3 is 0 Å². The smallest absolute Gasteiger partial charge is 0.227 e. The Morgan fingerprint density at radius 2 is 1.92 bits per heavy atom. The minimum Gasteiger partial charge on any atom is -0.312 e. The zero-order valence-corrected chi connectivity index (χ0v) is 9.32.